The van der Waals surface area contributed by atoms with E-state index in [1.165, 1.54) is 0 Å². The fourth-order valence-electron chi connectivity index (χ4n) is 4.71. The SMILES string of the molecule is CC1(C)CN(CCN2CC(C)(C)NC(C)(C)C2O)C(O)C(C)(C)N1. The minimum atomic E-state index is -0.536. The lowest BCUT2D eigenvalue weighted by Gasteiger charge is -2.54. The summed E-state index contributed by atoms with van der Waals surface area (Å²) in [6.07, 6.45) is -1.07. The van der Waals surface area contributed by atoms with Crippen molar-refractivity contribution in [1.82, 2.24) is 20.4 Å². The molecule has 0 saturated carbocycles. The van der Waals surface area contributed by atoms with Crippen molar-refractivity contribution in [2.75, 3.05) is 26.2 Å². The second kappa shape index (κ2) is 6.18. The van der Waals surface area contributed by atoms with Gasteiger partial charge in [0.1, 0.15) is 12.5 Å². The summed E-state index contributed by atoms with van der Waals surface area (Å²) in [7, 11) is 0. The molecule has 0 aliphatic carbocycles. The molecule has 6 heteroatoms. The summed E-state index contributed by atoms with van der Waals surface area (Å²) in [6, 6.07) is 0. The molecule has 2 aliphatic heterocycles. The first kappa shape index (κ1) is 20.1. The molecule has 0 aromatic heterocycles. The van der Waals surface area contributed by atoms with Gasteiger partial charge in [-0.3, -0.25) is 9.80 Å². The van der Waals surface area contributed by atoms with E-state index in [4.69, 9.17) is 0 Å². The maximum absolute atomic E-state index is 10.7. The van der Waals surface area contributed by atoms with Crippen molar-refractivity contribution in [3.63, 3.8) is 0 Å². The number of hydrogen-bond donors (Lipinski definition) is 4. The second-order valence-corrected chi connectivity index (χ2v) is 10.1. The fraction of sp³-hybridized carbons (Fsp3) is 1.00. The highest BCUT2D eigenvalue weighted by Gasteiger charge is 2.46. The molecular weight excluding hydrogens is 304 g/mol. The van der Waals surface area contributed by atoms with Gasteiger partial charge in [0.2, 0.25) is 0 Å². The van der Waals surface area contributed by atoms with Gasteiger partial charge in [-0.05, 0) is 55.4 Å². The molecule has 0 aromatic carbocycles. The zero-order valence-corrected chi connectivity index (χ0v) is 16.8. The largest absolute Gasteiger partial charge is 0.376 e. The third-order valence-electron chi connectivity index (χ3n) is 5.18. The van der Waals surface area contributed by atoms with E-state index in [1.54, 1.807) is 0 Å². The summed E-state index contributed by atoms with van der Waals surface area (Å²) in [4.78, 5) is 4.26. The van der Waals surface area contributed by atoms with Gasteiger partial charge in [0.05, 0.1) is 11.1 Å². The zero-order valence-electron chi connectivity index (χ0n) is 16.8. The van der Waals surface area contributed by atoms with Gasteiger partial charge in [0, 0.05) is 37.3 Å². The highest BCUT2D eigenvalue weighted by molar-refractivity contribution is 5.02. The summed E-state index contributed by atoms with van der Waals surface area (Å²) in [5, 5.41) is 28.4. The van der Waals surface area contributed by atoms with E-state index in [9.17, 15) is 10.2 Å². The Morgan fingerprint density at radius 1 is 0.708 bits per heavy atom. The smallest absolute Gasteiger partial charge is 0.125 e. The Bertz CT molecular complexity index is 420. The molecule has 0 amide bonds. The van der Waals surface area contributed by atoms with Crippen LogP contribution in [-0.4, -0.2) is 80.8 Å². The van der Waals surface area contributed by atoms with Crippen LogP contribution in [0.3, 0.4) is 0 Å². The third kappa shape index (κ3) is 4.29. The summed E-state index contributed by atoms with van der Waals surface area (Å²) in [5.74, 6) is 0. The van der Waals surface area contributed by atoms with Gasteiger partial charge in [-0.15, -0.1) is 0 Å². The number of rotatable bonds is 3. The first-order chi connectivity index (χ1) is 10.7. The van der Waals surface area contributed by atoms with E-state index in [2.05, 4.69) is 48.1 Å². The zero-order chi connectivity index (χ0) is 18.6. The van der Waals surface area contributed by atoms with Crippen molar-refractivity contribution < 1.29 is 10.2 Å². The first-order valence-corrected chi connectivity index (χ1v) is 9.08. The van der Waals surface area contributed by atoms with Gasteiger partial charge in [-0.1, -0.05) is 0 Å². The molecule has 2 atom stereocenters. The van der Waals surface area contributed by atoms with Crippen LogP contribution in [0.15, 0.2) is 0 Å². The van der Waals surface area contributed by atoms with Crippen LogP contribution in [0.1, 0.15) is 55.4 Å². The van der Waals surface area contributed by atoms with E-state index in [-0.39, 0.29) is 22.2 Å². The second-order valence-electron chi connectivity index (χ2n) is 10.1. The maximum Gasteiger partial charge on any atom is 0.125 e. The quantitative estimate of drug-likeness (QED) is 0.600. The number of aliphatic hydroxyl groups excluding tert-OH is 2. The van der Waals surface area contributed by atoms with E-state index in [0.717, 1.165) is 26.2 Å². The van der Waals surface area contributed by atoms with Crippen LogP contribution in [0.4, 0.5) is 0 Å². The lowest BCUT2D eigenvalue weighted by molar-refractivity contribution is -0.130. The third-order valence-corrected chi connectivity index (χ3v) is 5.18. The minimum absolute atomic E-state index is 0.0522. The minimum Gasteiger partial charge on any atom is -0.376 e. The number of aliphatic hydroxyl groups is 2. The highest BCUT2D eigenvalue weighted by Crippen LogP contribution is 2.28. The maximum atomic E-state index is 10.7. The molecular formula is C18H38N4O2. The Hall–Kier alpha value is -0.240. The number of piperazine rings is 2. The monoisotopic (exact) mass is 342 g/mol. The molecule has 2 rings (SSSR count). The molecule has 0 radical (unpaired) electrons. The van der Waals surface area contributed by atoms with Crippen molar-refractivity contribution in [2.45, 2.75) is 90.0 Å². The molecule has 0 spiro atoms. The standard InChI is InChI=1S/C18H38N4O2/c1-15(2)11-21(13(23)17(5,6)19-15)9-10-22-12-16(3,4)20-18(7,8)14(22)24/h13-14,19-20,23-24H,9-12H2,1-8H3. The average Bonchev–Trinajstić information content (AvgIpc) is 2.34. The van der Waals surface area contributed by atoms with E-state index < -0.39 is 12.5 Å². The Morgan fingerprint density at radius 3 is 1.29 bits per heavy atom. The Kier molecular flexibility index (Phi) is 5.17. The Labute approximate surface area is 147 Å². The van der Waals surface area contributed by atoms with Crippen LogP contribution in [0.5, 0.6) is 0 Å². The molecule has 2 saturated heterocycles. The summed E-state index contributed by atoms with van der Waals surface area (Å²) in [5.41, 5.74) is -0.822. The molecule has 2 heterocycles. The molecule has 2 fully saturated rings. The fourth-order valence-corrected chi connectivity index (χ4v) is 4.71. The molecule has 6 nitrogen and oxygen atoms in total. The normalized spacial score (nSPS) is 35.8. The van der Waals surface area contributed by atoms with E-state index in [1.807, 2.05) is 27.7 Å². The van der Waals surface area contributed by atoms with Crippen LogP contribution in [0.25, 0.3) is 0 Å². The highest BCUT2D eigenvalue weighted by atomic mass is 16.3. The van der Waals surface area contributed by atoms with Crippen LogP contribution in [0.2, 0.25) is 0 Å². The van der Waals surface area contributed by atoms with Gasteiger partial charge in [0.25, 0.3) is 0 Å². The van der Waals surface area contributed by atoms with Crippen molar-refractivity contribution in [2.24, 2.45) is 0 Å². The molecule has 142 valence electrons. The van der Waals surface area contributed by atoms with Gasteiger partial charge in [0.15, 0.2) is 0 Å². The summed E-state index contributed by atoms with van der Waals surface area (Å²) >= 11 is 0. The molecule has 0 bridgehead atoms. The Balaban J connectivity index is 2.06. The van der Waals surface area contributed by atoms with E-state index >= 15 is 0 Å². The first-order valence-electron chi connectivity index (χ1n) is 9.08. The lowest BCUT2D eigenvalue weighted by atomic mass is 9.88. The van der Waals surface area contributed by atoms with Gasteiger partial charge in [-0.2, -0.15) is 0 Å². The molecule has 2 aliphatic rings. The van der Waals surface area contributed by atoms with Gasteiger partial charge in [-0.25, -0.2) is 0 Å². The summed E-state index contributed by atoms with van der Waals surface area (Å²) in [6.45, 7) is 19.9. The van der Waals surface area contributed by atoms with Crippen molar-refractivity contribution in [3.8, 4) is 0 Å². The molecule has 4 N–H and O–H groups in total. The Morgan fingerprint density at radius 2 is 1.00 bits per heavy atom. The number of nitrogens with zero attached hydrogens (tertiary/aromatic N) is 2. The number of hydrogen-bond acceptors (Lipinski definition) is 6. The lowest BCUT2D eigenvalue weighted by Crippen LogP contribution is -2.74. The van der Waals surface area contributed by atoms with Gasteiger partial charge < -0.3 is 20.8 Å². The van der Waals surface area contributed by atoms with Crippen molar-refractivity contribution in [1.29, 1.82) is 0 Å². The predicted octanol–water partition coefficient (Wildman–Crippen LogP) is 0.548. The topological polar surface area (TPSA) is 71.0 Å². The summed E-state index contributed by atoms with van der Waals surface area (Å²) < 4.78 is 0. The van der Waals surface area contributed by atoms with Crippen LogP contribution in [0, 0.1) is 0 Å². The average molecular weight is 343 g/mol. The molecule has 0 aromatic rings. The van der Waals surface area contributed by atoms with E-state index in [0.29, 0.717) is 0 Å². The molecule has 24 heavy (non-hydrogen) atoms. The van der Waals surface area contributed by atoms with Crippen LogP contribution >= 0.6 is 0 Å². The van der Waals surface area contributed by atoms with Gasteiger partial charge >= 0.3 is 0 Å². The number of nitrogens with one attached hydrogen (secondary N) is 2. The van der Waals surface area contributed by atoms with Crippen LogP contribution < -0.4 is 10.6 Å². The van der Waals surface area contributed by atoms with Crippen LogP contribution in [-0.2, 0) is 0 Å². The van der Waals surface area contributed by atoms with Crippen molar-refractivity contribution in [3.05, 3.63) is 0 Å². The molecule has 2 unspecified atom stereocenters. The van der Waals surface area contributed by atoms with Crippen molar-refractivity contribution >= 4 is 0 Å². The predicted molar refractivity (Wildman–Crippen MR) is 97.7 cm³/mol.